The van der Waals surface area contributed by atoms with Crippen molar-refractivity contribution in [2.24, 2.45) is 4.99 Å². The van der Waals surface area contributed by atoms with Crippen LogP contribution in [0.15, 0.2) is 34.6 Å². The minimum absolute atomic E-state index is 0.751. The van der Waals surface area contributed by atoms with E-state index in [0.29, 0.717) is 0 Å². The lowest BCUT2D eigenvalue weighted by atomic mass is 10.1. The summed E-state index contributed by atoms with van der Waals surface area (Å²) in [5.41, 5.74) is 2.29. The summed E-state index contributed by atoms with van der Waals surface area (Å²) in [6.45, 7) is 3.58. The van der Waals surface area contributed by atoms with Crippen molar-refractivity contribution >= 4 is 28.9 Å². The molecule has 0 aliphatic carbocycles. The molecule has 0 unspecified atom stereocenters. The normalized spacial score (nSPS) is 11.5. The summed E-state index contributed by atoms with van der Waals surface area (Å²) in [7, 11) is 3.81. The van der Waals surface area contributed by atoms with Gasteiger partial charge in [0.15, 0.2) is 5.96 Å². The van der Waals surface area contributed by atoms with Gasteiger partial charge in [-0.05, 0) is 31.0 Å². The fourth-order valence-electron chi connectivity index (χ4n) is 2.19. The lowest BCUT2D eigenvalue weighted by Crippen LogP contribution is -2.39. The van der Waals surface area contributed by atoms with Crippen LogP contribution in [0.25, 0.3) is 0 Å². The molecule has 0 fully saturated rings. The third kappa shape index (κ3) is 5.00. The van der Waals surface area contributed by atoms with Gasteiger partial charge in [0.05, 0.1) is 17.2 Å². The Morgan fingerprint density at radius 2 is 2.27 bits per heavy atom. The molecular formula is C16H21ClN4S. The molecule has 0 saturated carbocycles. The number of benzene rings is 1. The van der Waals surface area contributed by atoms with Crippen molar-refractivity contribution in [3.05, 3.63) is 50.9 Å². The summed E-state index contributed by atoms with van der Waals surface area (Å²) in [6.07, 6.45) is 0.906. The average molecular weight is 337 g/mol. The Kier molecular flexibility index (Phi) is 6.21. The van der Waals surface area contributed by atoms with E-state index in [2.05, 4.69) is 31.6 Å². The molecule has 0 bridgehead atoms. The summed E-state index contributed by atoms with van der Waals surface area (Å²) in [5.74, 6) is 0.868. The van der Waals surface area contributed by atoms with Crippen LogP contribution in [0.3, 0.4) is 0 Å². The number of aliphatic imine (C=N–C) groups is 1. The van der Waals surface area contributed by atoms with Gasteiger partial charge in [-0.1, -0.05) is 23.7 Å². The zero-order valence-corrected chi connectivity index (χ0v) is 14.7. The van der Waals surface area contributed by atoms with Crippen molar-refractivity contribution in [3.8, 4) is 0 Å². The van der Waals surface area contributed by atoms with Gasteiger partial charge in [0.1, 0.15) is 0 Å². The minimum Gasteiger partial charge on any atom is -0.356 e. The molecule has 1 heterocycles. The number of hydrogen-bond donors (Lipinski definition) is 1. The van der Waals surface area contributed by atoms with E-state index in [1.54, 1.807) is 18.4 Å². The lowest BCUT2D eigenvalue weighted by Gasteiger charge is -2.21. The molecule has 4 nitrogen and oxygen atoms in total. The number of nitrogens with zero attached hydrogens (tertiary/aromatic N) is 3. The number of rotatable bonds is 5. The van der Waals surface area contributed by atoms with Gasteiger partial charge in [-0.3, -0.25) is 4.99 Å². The van der Waals surface area contributed by atoms with Gasteiger partial charge in [-0.25, -0.2) is 4.98 Å². The molecule has 1 N–H and O–H groups in total. The first-order valence-corrected chi connectivity index (χ1v) is 8.41. The summed E-state index contributed by atoms with van der Waals surface area (Å²) >= 11 is 7.67. The van der Waals surface area contributed by atoms with Crippen LogP contribution in [0.1, 0.15) is 16.3 Å². The van der Waals surface area contributed by atoms with Crippen LogP contribution in [-0.4, -0.2) is 36.5 Å². The maximum atomic E-state index is 6.00. The van der Waals surface area contributed by atoms with Gasteiger partial charge in [-0.15, -0.1) is 11.3 Å². The number of guanidine groups is 1. The van der Waals surface area contributed by atoms with Crippen LogP contribution < -0.4 is 5.32 Å². The Hall–Kier alpha value is -1.59. The second-order valence-electron chi connectivity index (χ2n) is 5.07. The van der Waals surface area contributed by atoms with Crippen LogP contribution >= 0.6 is 22.9 Å². The van der Waals surface area contributed by atoms with Crippen LogP contribution in [0.4, 0.5) is 0 Å². The van der Waals surface area contributed by atoms with Gasteiger partial charge in [-0.2, -0.15) is 0 Å². The summed E-state index contributed by atoms with van der Waals surface area (Å²) in [4.78, 5) is 10.9. The molecule has 0 spiro atoms. The van der Waals surface area contributed by atoms with Gasteiger partial charge in [0.2, 0.25) is 0 Å². The number of aryl methyl sites for hydroxylation is 1. The predicted molar refractivity (Wildman–Crippen MR) is 94.8 cm³/mol. The van der Waals surface area contributed by atoms with Crippen LogP contribution in [-0.2, 0) is 13.0 Å². The number of hydrogen-bond acceptors (Lipinski definition) is 3. The van der Waals surface area contributed by atoms with Crippen molar-refractivity contribution in [1.82, 2.24) is 15.2 Å². The Morgan fingerprint density at radius 3 is 2.91 bits per heavy atom. The number of thiazole rings is 1. The second kappa shape index (κ2) is 8.15. The fraction of sp³-hybridized carbons (Fsp3) is 0.375. The van der Waals surface area contributed by atoms with E-state index in [-0.39, 0.29) is 0 Å². The van der Waals surface area contributed by atoms with E-state index >= 15 is 0 Å². The predicted octanol–water partition coefficient (Wildman–Crippen LogP) is 3.35. The van der Waals surface area contributed by atoms with E-state index in [9.17, 15) is 0 Å². The molecule has 0 saturated heterocycles. The van der Waals surface area contributed by atoms with Crippen molar-refractivity contribution < 1.29 is 0 Å². The third-order valence-electron chi connectivity index (χ3n) is 3.22. The Morgan fingerprint density at radius 1 is 1.45 bits per heavy atom. The maximum absolute atomic E-state index is 6.00. The van der Waals surface area contributed by atoms with Crippen molar-refractivity contribution in [2.75, 3.05) is 20.6 Å². The molecule has 0 atom stereocenters. The molecule has 1 aromatic heterocycles. The minimum atomic E-state index is 0.751. The molecule has 22 heavy (non-hydrogen) atoms. The fourth-order valence-corrected chi connectivity index (χ4v) is 3.01. The summed E-state index contributed by atoms with van der Waals surface area (Å²) in [5, 5.41) is 7.33. The molecule has 2 rings (SSSR count). The topological polar surface area (TPSA) is 40.5 Å². The summed E-state index contributed by atoms with van der Waals surface area (Å²) in [6, 6.07) is 7.94. The molecule has 118 valence electrons. The smallest absolute Gasteiger partial charge is 0.193 e. The van der Waals surface area contributed by atoms with E-state index < -0.39 is 0 Å². The zero-order chi connectivity index (χ0) is 15.9. The number of halogens is 1. The van der Waals surface area contributed by atoms with E-state index in [1.807, 2.05) is 32.2 Å². The number of nitrogens with one attached hydrogen (secondary N) is 1. The average Bonchev–Trinajstić information content (AvgIpc) is 2.88. The monoisotopic (exact) mass is 336 g/mol. The van der Waals surface area contributed by atoms with E-state index in [1.165, 1.54) is 5.56 Å². The molecular weight excluding hydrogens is 316 g/mol. The maximum Gasteiger partial charge on any atom is 0.193 e. The van der Waals surface area contributed by atoms with Crippen molar-refractivity contribution in [2.45, 2.75) is 19.9 Å². The molecule has 2 aromatic rings. The van der Waals surface area contributed by atoms with Crippen LogP contribution in [0, 0.1) is 6.92 Å². The molecule has 1 aromatic carbocycles. The zero-order valence-electron chi connectivity index (χ0n) is 13.1. The van der Waals surface area contributed by atoms with Crippen LogP contribution in [0.2, 0.25) is 5.02 Å². The van der Waals surface area contributed by atoms with Gasteiger partial charge < -0.3 is 10.2 Å². The first-order valence-electron chi connectivity index (χ1n) is 7.15. The lowest BCUT2D eigenvalue weighted by molar-refractivity contribution is 0.471. The largest absolute Gasteiger partial charge is 0.356 e. The van der Waals surface area contributed by atoms with E-state index in [0.717, 1.165) is 41.2 Å². The molecule has 0 aliphatic rings. The van der Waals surface area contributed by atoms with E-state index in [4.69, 9.17) is 11.6 Å². The Balaban J connectivity index is 1.84. The van der Waals surface area contributed by atoms with Crippen molar-refractivity contribution in [1.29, 1.82) is 0 Å². The van der Waals surface area contributed by atoms with Crippen molar-refractivity contribution in [3.63, 3.8) is 0 Å². The number of aromatic nitrogens is 1. The highest BCUT2D eigenvalue weighted by Gasteiger charge is 2.08. The van der Waals surface area contributed by atoms with Gasteiger partial charge >= 0.3 is 0 Å². The van der Waals surface area contributed by atoms with Gasteiger partial charge in [0.25, 0.3) is 0 Å². The third-order valence-corrected chi connectivity index (χ3v) is 4.28. The Bertz CT molecular complexity index is 639. The van der Waals surface area contributed by atoms with Crippen LogP contribution in [0.5, 0.6) is 0 Å². The first-order chi connectivity index (χ1) is 10.6. The molecule has 0 amide bonds. The highest BCUT2D eigenvalue weighted by atomic mass is 35.5. The highest BCUT2D eigenvalue weighted by Crippen LogP contribution is 2.11. The Labute approximate surface area is 140 Å². The first kappa shape index (κ1) is 16.8. The highest BCUT2D eigenvalue weighted by molar-refractivity contribution is 7.09. The van der Waals surface area contributed by atoms with Gasteiger partial charge in [0, 0.05) is 31.0 Å². The standard InChI is InChI=1S/C16H21ClN4S/c1-12-20-15(11-22-12)10-21(3)16(18-2)19-8-7-13-5-4-6-14(17)9-13/h4-6,9,11H,7-8,10H2,1-3H3,(H,18,19). The quantitative estimate of drug-likeness (QED) is 0.672. The SMILES string of the molecule is CN=C(NCCc1cccc(Cl)c1)N(C)Cc1csc(C)n1. The molecule has 6 heteroatoms. The second-order valence-corrected chi connectivity index (χ2v) is 6.57. The molecule has 0 radical (unpaired) electrons. The molecule has 0 aliphatic heterocycles. The summed E-state index contributed by atoms with van der Waals surface area (Å²) < 4.78 is 0.